The van der Waals surface area contributed by atoms with Crippen molar-refractivity contribution in [3.05, 3.63) is 108 Å². The minimum absolute atomic E-state index is 0.0821. The SMILES string of the molecule is COc1cccc(-n2cccc2[C@H]2[C@H](c3ccccn3)NC(=S)N2c2ccc(C)cc2)c1. The molecule has 5 nitrogen and oxygen atoms in total. The average Bonchev–Trinajstić information content (AvgIpc) is 3.44. The molecule has 160 valence electrons. The van der Waals surface area contributed by atoms with Crippen molar-refractivity contribution in [3.63, 3.8) is 0 Å². The molecule has 3 heterocycles. The second kappa shape index (κ2) is 8.48. The largest absolute Gasteiger partial charge is 0.497 e. The molecule has 1 fully saturated rings. The van der Waals surface area contributed by atoms with Crippen LogP contribution >= 0.6 is 12.2 Å². The number of methoxy groups -OCH3 is 1. The van der Waals surface area contributed by atoms with Gasteiger partial charge in [0.2, 0.25) is 0 Å². The first-order valence-corrected chi connectivity index (χ1v) is 11.0. The third-order valence-electron chi connectivity index (χ3n) is 5.83. The molecule has 6 heteroatoms. The monoisotopic (exact) mass is 440 g/mol. The number of thiocarbonyl (C=S) groups is 1. The number of nitrogens with zero attached hydrogens (tertiary/aromatic N) is 3. The van der Waals surface area contributed by atoms with Crippen LogP contribution in [-0.2, 0) is 0 Å². The van der Waals surface area contributed by atoms with Crippen LogP contribution in [0.15, 0.2) is 91.3 Å². The van der Waals surface area contributed by atoms with Crippen LogP contribution in [0.5, 0.6) is 5.75 Å². The van der Waals surface area contributed by atoms with Crippen LogP contribution in [0.2, 0.25) is 0 Å². The van der Waals surface area contributed by atoms with Gasteiger partial charge in [-0.25, -0.2) is 0 Å². The Bertz CT molecular complexity index is 1240. The standard InChI is InChI=1S/C26H24N4OS/c1-18-11-13-19(14-12-18)30-25(24(28-26(30)32)22-9-3-4-15-27-22)23-10-6-16-29(23)20-7-5-8-21(17-20)31-2/h3-17,24-25H,1-2H3,(H,28,32)/t24-,25-/m0/s1. The molecule has 0 amide bonds. The van der Waals surface area contributed by atoms with E-state index in [0.717, 1.165) is 28.5 Å². The van der Waals surface area contributed by atoms with Crippen molar-refractivity contribution < 1.29 is 4.74 Å². The number of aromatic nitrogens is 2. The molecule has 4 aromatic rings. The number of aryl methyl sites for hydroxylation is 1. The summed E-state index contributed by atoms with van der Waals surface area (Å²) < 4.78 is 7.65. The van der Waals surface area contributed by atoms with Crippen LogP contribution in [0.4, 0.5) is 5.69 Å². The quantitative estimate of drug-likeness (QED) is 0.423. The van der Waals surface area contributed by atoms with Gasteiger partial charge in [-0.2, -0.15) is 0 Å². The molecule has 0 aliphatic carbocycles. The number of ether oxygens (including phenoxy) is 1. The Morgan fingerprint density at radius 2 is 1.78 bits per heavy atom. The number of anilines is 1. The molecule has 1 aliphatic heterocycles. The topological polar surface area (TPSA) is 42.3 Å². The van der Waals surface area contributed by atoms with E-state index in [9.17, 15) is 0 Å². The summed E-state index contributed by atoms with van der Waals surface area (Å²) in [6, 6.07) is 26.6. The van der Waals surface area contributed by atoms with Gasteiger partial charge in [-0.3, -0.25) is 4.98 Å². The van der Waals surface area contributed by atoms with Crippen molar-refractivity contribution in [2.24, 2.45) is 0 Å². The summed E-state index contributed by atoms with van der Waals surface area (Å²) in [7, 11) is 1.69. The number of hydrogen-bond acceptors (Lipinski definition) is 3. The van der Waals surface area contributed by atoms with Crippen LogP contribution in [0, 0.1) is 6.92 Å². The predicted molar refractivity (Wildman–Crippen MR) is 131 cm³/mol. The van der Waals surface area contributed by atoms with E-state index in [1.165, 1.54) is 5.56 Å². The molecule has 32 heavy (non-hydrogen) atoms. The lowest BCUT2D eigenvalue weighted by atomic mass is 10.0. The zero-order chi connectivity index (χ0) is 22.1. The minimum Gasteiger partial charge on any atom is -0.497 e. The van der Waals surface area contributed by atoms with Gasteiger partial charge in [-0.1, -0.05) is 29.8 Å². The van der Waals surface area contributed by atoms with E-state index in [-0.39, 0.29) is 12.1 Å². The van der Waals surface area contributed by atoms with Crippen LogP contribution in [0.25, 0.3) is 5.69 Å². The molecule has 0 unspecified atom stereocenters. The van der Waals surface area contributed by atoms with Gasteiger partial charge in [0, 0.05) is 35.5 Å². The highest BCUT2D eigenvalue weighted by Gasteiger charge is 2.42. The van der Waals surface area contributed by atoms with Gasteiger partial charge in [0.25, 0.3) is 0 Å². The fourth-order valence-corrected chi connectivity index (χ4v) is 4.62. The van der Waals surface area contributed by atoms with E-state index in [1.54, 1.807) is 7.11 Å². The summed E-state index contributed by atoms with van der Waals surface area (Å²) in [6.45, 7) is 2.09. The Kier molecular flexibility index (Phi) is 5.37. The van der Waals surface area contributed by atoms with Crippen molar-refractivity contribution >= 4 is 23.0 Å². The summed E-state index contributed by atoms with van der Waals surface area (Å²) in [4.78, 5) is 6.84. The summed E-state index contributed by atoms with van der Waals surface area (Å²) >= 11 is 5.84. The molecule has 0 saturated carbocycles. The van der Waals surface area contributed by atoms with E-state index in [0.29, 0.717) is 5.11 Å². The molecule has 0 spiro atoms. The summed E-state index contributed by atoms with van der Waals surface area (Å²) in [6.07, 6.45) is 3.90. The highest BCUT2D eigenvalue weighted by atomic mass is 32.1. The molecule has 5 rings (SSSR count). The average molecular weight is 441 g/mol. The third kappa shape index (κ3) is 3.63. The Morgan fingerprint density at radius 1 is 0.938 bits per heavy atom. The van der Waals surface area contributed by atoms with Crippen LogP contribution in [-0.4, -0.2) is 21.8 Å². The molecule has 0 radical (unpaired) electrons. The molecule has 2 aromatic carbocycles. The first-order valence-electron chi connectivity index (χ1n) is 10.5. The fourth-order valence-electron chi connectivity index (χ4n) is 4.27. The first-order chi connectivity index (χ1) is 15.7. The maximum atomic E-state index is 5.84. The highest BCUT2D eigenvalue weighted by Crippen LogP contribution is 2.42. The first kappa shape index (κ1) is 20.3. The van der Waals surface area contributed by atoms with Crippen LogP contribution in [0.1, 0.15) is 29.0 Å². The van der Waals surface area contributed by atoms with Crippen molar-refractivity contribution in [1.82, 2.24) is 14.9 Å². The lowest BCUT2D eigenvalue weighted by molar-refractivity contribution is 0.414. The number of hydrogen-bond donors (Lipinski definition) is 1. The van der Waals surface area contributed by atoms with Crippen LogP contribution in [0.3, 0.4) is 0 Å². The number of benzene rings is 2. The Morgan fingerprint density at radius 3 is 2.53 bits per heavy atom. The van der Waals surface area contributed by atoms with Crippen molar-refractivity contribution in [3.8, 4) is 11.4 Å². The molecule has 1 aliphatic rings. The van der Waals surface area contributed by atoms with Gasteiger partial charge in [0.1, 0.15) is 11.8 Å². The fraction of sp³-hybridized carbons (Fsp3) is 0.154. The molecular formula is C26H24N4OS. The zero-order valence-electron chi connectivity index (χ0n) is 18.0. The van der Waals surface area contributed by atoms with E-state index in [2.05, 4.69) is 75.4 Å². The smallest absolute Gasteiger partial charge is 0.174 e. The normalized spacial score (nSPS) is 17.9. The Hall–Kier alpha value is -3.64. The summed E-state index contributed by atoms with van der Waals surface area (Å²) in [5.74, 6) is 0.818. The Balaban J connectivity index is 1.66. The van der Waals surface area contributed by atoms with E-state index >= 15 is 0 Å². The molecule has 1 saturated heterocycles. The van der Waals surface area contributed by atoms with Gasteiger partial charge in [-0.15, -0.1) is 0 Å². The maximum Gasteiger partial charge on any atom is 0.174 e. The van der Waals surface area contributed by atoms with Gasteiger partial charge in [-0.05, 0) is 67.7 Å². The summed E-state index contributed by atoms with van der Waals surface area (Å²) in [5.41, 5.74) is 5.36. The molecular weight excluding hydrogens is 416 g/mol. The van der Waals surface area contributed by atoms with Crippen molar-refractivity contribution in [1.29, 1.82) is 0 Å². The second-order valence-electron chi connectivity index (χ2n) is 7.84. The van der Waals surface area contributed by atoms with E-state index < -0.39 is 0 Å². The van der Waals surface area contributed by atoms with E-state index in [4.69, 9.17) is 17.0 Å². The molecule has 2 atom stereocenters. The minimum atomic E-state index is -0.0933. The maximum absolute atomic E-state index is 5.84. The van der Waals surface area contributed by atoms with Gasteiger partial charge < -0.3 is 19.5 Å². The Labute approximate surface area is 193 Å². The number of rotatable bonds is 5. The van der Waals surface area contributed by atoms with Gasteiger partial charge in [0.15, 0.2) is 5.11 Å². The van der Waals surface area contributed by atoms with Crippen LogP contribution < -0.4 is 15.0 Å². The van der Waals surface area contributed by atoms with Crippen molar-refractivity contribution in [2.75, 3.05) is 12.0 Å². The third-order valence-corrected chi connectivity index (χ3v) is 6.14. The lowest BCUT2D eigenvalue weighted by Gasteiger charge is -2.29. The number of pyridine rings is 1. The van der Waals surface area contributed by atoms with Gasteiger partial charge >= 0.3 is 0 Å². The number of nitrogens with one attached hydrogen (secondary N) is 1. The summed E-state index contributed by atoms with van der Waals surface area (Å²) in [5, 5.41) is 4.22. The highest BCUT2D eigenvalue weighted by molar-refractivity contribution is 7.80. The zero-order valence-corrected chi connectivity index (χ0v) is 18.8. The van der Waals surface area contributed by atoms with Crippen molar-refractivity contribution in [2.45, 2.75) is 19.0 Å². The molecule has 2 aromatic heterocycles. The molecule has 0 bridgehead atoms. The molecule has 1 N–H and O–H groups in total. The van der Waals surface area contributed by atoms with Gasteiger partial charge in [0.05, 0.1) is 18.8 Å². The second-order valence-corrected chi connectivity index (χ2v) is 8.22. The lowest BCUT2D eigenvalue weighted by Crippen LogP contribution is -2.30. The predicted octanol–water partition coefficient (Wildman–Crippen LogP) is 5.37. The van der Waals surface area contributed by atoms with E-state index in [1.807, 2.05) is 42.6 Å².